The predicted octanol–water partition coefficient (Wildman–Crippen LogP) is 3.16. The molecular weight excluding hydrogens is 440 g/mol. The summed E-state index contributed by atoms with van der Waals surface area (Å²) in [6.07, 6.45) is 2.24. The van der Waals surface area contributed by atoms with Gasteiger partial charge in [-0.1, -0.05) is 30.3 Å². The highest BCUT2D eigenvalue weighted by atomic mass is 16.5. The smallest absolute Gasteiger partial charge is 0.306 e. The molecule has 0 aliphatic rings. The number of phenols is 2. The van der Waals surface area contributed by atoms with Crippen LogP contribution in [0.1, 0.15) is 35.2 Å². The van der Waals surface area contributed by atoms with Gasteiger partial charge in [0.1, 0.15) is 17.1 Å². The number of carboxylic acid groups (broad SMARTS) is 1. The summed E-state index contributed by atoms with van der Waals surface area (Å²) >= 11 is 0. The molecule has 3 aromatic rings. The molecule has 34 heavy (non-hydrogen) atoms. The van der Waals surface area contributed by atoms with Crippen LogP contribution < -0.4 is 10.3 Å². The molecule has 1 aromatic heterocycles. The van der Waals surface area contributed by atoms with E-state index in [0.717, 1.165) is 5.56 Å². The van der Waals surface area contributed by atoms with Crippen molar-refractivity contribution in [3.63, 3.8) is 0 Å². The molecule has 3 N–H and O–H groups in total. The van der Waals surface area contributed by atoms with Crippen molar-refractivity contribution in [3.05, 3.63) is 70.1 Å². The molecule has 0 aliphatic heterocycles. The normalized spacial score (nSPS) is 11.7. The zero-order valence-corrected chi connectivity index (χ0v) is 18.9. The Morgan fingerprint density at radius 3 is 2.32 bits per heavy atom. The zero-order chi connectivity index (χ0) is 24.8. The lowest BCUT2D eigenvalue weighted by molar-refractivity contribution is -0.142. The number of aryl methyl sites for hydroxylation is 1. The molecule has 0 saturated heterocycles. The lowest BCUT2D eigenvalue weighted by Crippen LogP contribution is -2.21. The molecule has 0 unspecified atom stereocenters. The number of carbonyl (C=O) groups excluding carboxylic acids is 1. The SMILES string of the molecule is COc1cnn(C)c(=O)c1-c1ccc(C[C@H](CCCC(=O)c2c(O)cccc2O)C(=O)O)cc1. The van der Waals surface area contributed by atoms with Crippen LogP contribution in [0.15, 0.2) is 53.5 Å². The van der Waals surface area contributed by atoms with Crippen LogP contribution in [0.3, 0.4) is 0 Å². The van der Waals surface area contributed by atoms with Crippen LogP contribution in [0.25, 0.3) is 11.1 Å². The number of nitrogens with zero attached hydrogens (tertiary/aromatic N) is 2. The van der Waals surface area contributed by atoms with E-state index < -0.39 is 17.7 Å². The van der Waals surface area contributed by atoms with E-state index in [2.05, 4.69) is 5.10 Å². The summed E-state index contributed by atoms with van der Waals surface area (Å²) in [5, 5.41) is 33.2. The Labute approximate surface area is 195 Å². The van der Waals surface area contributed by atoms with E-state index in [9.17, 15) is 29.7 Å². The van der Waals surface area contributed by atoms with Crippen LogP contribution >= 0.6 is 0 Å². The van der Waals surface area contributed by atoms with Gasteiger partial charge in [0.15, 0.2) is 11.5 Å². The molecule has 0 amide bonds. The molecule has 2 aromatic carbocycles. The predicted molar refractivity (Wildman–Crippen MR) is 124 cm³/mol. The fourth-order valence-corrected chi connectivity index (χ4v) is 3.80. The molecule has 0 bridgehead atoms. The minimum atomic E-state index is -0.980. The van der Waals surface area contributed by atoms with Crippen molar-refractivity contribution < 1.29 is 29.6 Å². The fourth-order valence-electron chi connectivity index (χ4n) is 3.80. The van der Waals surface area contributed by atoms with Crippen molar-refractivity contribution in [2.45, 2.75) is 25.7 Å². The molecule has 3 rings (SSSR count). The van der Waals surface area contributed by atoms with Gasteiger partial charge in [-0.25, -0.2) is 4.68 Å². The van der Waals surface area contributed by atoms with Crippen molar-refractivity contribution >= 4 is 11.8 Å². The number of aliphatic carboxylic acids is 1. The topological polar surface area (TPSA) is 139 Å². The Kier molecular flexibility index (Phi) is 7.68. The van der Waals surface area contributed by atoms with Gasteiger partial charge in [0.2, 0.25) is 0 Å². The molecule has 9 heteroatoms. The maximum Gasteiger partial charge on any atom is 0.306 e. The molecule has 0 spiro atoms. The first-order valence-corrected chi connectivity index (χ1v) is 10.7. The standard InChI is InChI=1S/C25H26N2O7/c1-27-24(31)22(21(34-2)14-26-27)16-11-9-15(10-12-16)13-17(25(32)33)5-3-6-18(28)23-19(29)7-4-8-20(23)30/h4,7-12,14,17,29-30H,3,5-6,13H2,1-2H3,(H,32,33)/t17-/m0/s1. The second kappa shape index (κ2) is 10.7. The highest BCUT2D eigenvalue weighted by Gasteiger charge is 2.21. The fraction of sp³-hybridized carbons (Fsp3) is 0.280. The average Bonchev–Trinajstić information content (AvgIpc) is 2.80. The number of carbonyl (C=O) groups is 2. The number of hydrogen-bond donors (Lipinski definition) is 3. The van der Waals surface area contributed by atoms with Crippen molar-refractivity contribution in [3.8, 4) is 28.4 Å². The number of carboxylic acids is 1. The van der Waals surface area contributed by atoms with E-state index in [1.165, 1.54) is 36.2 Å². The number of methoxy groups -OCH3 is 1. The Bertz CT molecular complexity index is 1230. The van der Waals surface area contributed by atoms with Crippen LogP contribution in [0.4, 0.5) is 0 Å². The number of ether oxygens (including phenoxy) is 1. The monoisotopic (exact) mass is 466 g/mol. The highest BCUT2D eigenvalue weighted by Crippen LogP contribution is 2.29. The van der Waals surface area contributed by atoms with E-state index in [1.807, 2.05) is 0 Å². The second-order valence-electron chi connectivity index (χ2n) is 7.94. The number of benzene rings is 2. The van der Waals surface area contributed by atoms with E-state index in [4.69, 9.17) is 4.74 Å². The first-order chi connectivity index (χ1) is 16.2. The van der Waals surface area contributed by atoms with Crippen LogP contribution in [0.5, 0.6) is 17.2 Å². The van der Waals surface area contributed by atoms with Gasteiger partial charge in [-0.3, -0.25) is 14.4 Å². The molecule has 0 saturated carbocycles. The van der Waals surface area contributed by atoms with E-state index in [-0.39, 0.29) is 48.3 Å². The number of rotatable bonds is 10. The summed E-state index contributed by atoms with van der Waals surface area (Å²) in [6, 6.07) is 11.0. The van der Waals surface area contributed by atoms with Gasteiger partial charge in [-0.2, -0.15) is 5.10 Å². The number of ketones is 1. The van der Waals surface area contributed by atoms with Crippen molar-refractivity contribution in [2.24, 2.45) is 13.0 Å². The molecule has 9 nitrogen and oxygen atoms in total. The van der Waals surface area contributed by atoms with E-state index in [0.29, 0.717) is 16.9 Å². The third-order valence-corrected chi connectivity index (χ3v) is 5.65. The summed E-state index contributed by atoms with van der Waals surface area (Å²) in [6.45, 7) is 0. The quantitative estimate of drug-likeness (QED) is 0.387. The van der Waals surface area contributed by atoms with Crippen LogP contribution in [0, 0.1) is 5.92 Å². The minimum absolute atomic E-state index is 0.00101. The summed E-state index contributed by atoms with van der Waals surface area (Å²) in [7, 11) is 3.00. The van der Waals surface area contributed by atoms with Crippen LogP contribution in [-0.2, 0) is 18.3 Å². The summed E-state index contributed by atoms with van der Waals surface area (Å²) < 4.78 is 6.47. The van der Waals surface area contributed by atoms with E-state index in [1.54, 1.807) is 31.3 Å². The van der Waals surface area contributed by atoms with Gasteiger partial charge in [0, 0.05) is 13.5 Å². The Hall–Kier alpha value is -4.14. The summed E-state index contributed by atoms with van der Waals surface area (Å²) in [5.41, 5.74) is 1.31. The summed E-state index contributed by atoms with van der Waals surface area (Å²) in [5.74, 6) is -2.41. The number of aromatic hydroxyl groups is 2. The largest absolute Gasteiger partial charge is 0.507 e. The molecule has 0 fully saturated rings. The van der Waals surface area contributed by atoms with Gasteiger partial charge in [-0.15, -0.1) is 0 Å². The van der Waals surface area contributed by atoms with Crippen molar-refractivity contribution in [2.75, 3.05) is 7.11 Å². The number of hydrogen-bond acceptors (Lipinski definition) is 7. The van der Waals surface area contributed by atoms with Crippen molar-refractivity contribution in [1.29, 1.82) is 0 Å². The third-order valence-electron chi connectivity index (χ3n) is 5.65. The maximum atomic E-state index is 12.5. The molecule has 178 valence electrons. The van der Waals surface area contributed by atoms with Gasteiger partial charge < -0.3 is 20.1 Å². The molecule has 1 atom stereocenters. The van der Waals surface area contributed by atoms with Crippen LogP contribution in [-0.4, -0.2) is 44.0 Å². The van der Waals surface area contributed by atoms with Gasteiger partial charge in [-0.05, 0) is 42.5 Å². The van der Waals surface area contributed by atoms with Gasteiger partial charge >= 0.3 is 5.97 Å². The lowest BCUT2D eigenvalue weighted by Gasteiger charge is -2.14. The highest BCUT2D eigenvalue weighted by molar-refractivity contribution is 6.01. The van der Waals surface area contributed by atoms with Crippen molar-refractivity contribution in [1.82, 2.24) is 9.78 Å². The third kappa shape index (κ3) is 5.43. The first-order valence-electron chi connectivity index (χ1n) is 10.7. The first kappa shape index (κ1) is 24.5. The molecule has 0 radical (unpaired) electrons. The molecule has 1 heterocycles. The number of aromatic nitrogens is 2. The Morgan fingerprint density at radius 1 is 1.09 bits per heavy atom. The van der Waals surface area contributed by atoms with Gasteiger partial charge in [0.05, 0.1) is 24.8 Å². The number of Topliss-reactive ketones (excluding diaryl/α,β-unsaturated/α-hetero) is 1. The zero-order valence-electron chi connectivity index (χ0n) is 18.9. The maximum absolute atomic E-state index is 12.5. The average molecular weight is 466 g/mol. The number of phenolic OH excluding ortho intramolecular Hbond substituents is 2. The Morgan fingerprint density at radius 2 is 1.74 bits per heavy atom. The van der Waals surface area contributed by atoms with Gasteiger partial charge in [0.25, 0.3) is 5.56 Å². The molecular formula is C25H26N2O7. The Balaban J connectivity index is 1.68. The second-order valence-corrected chi connectivity index (χ2v) is 7.94. The summed E-state index contributed by atoms with van der Waals surface area (Å²) in [4.78, 5) is 36.6. The minimum Gasteiger partial charge on any atom is -0.507 e. The van der Waals surface area contributed by atoms with E-state index >= 15 is 0 Å². The van der Waals surface area contributed by atoms with Crippen LogP contribution in [0.2, 0.25) is 0 Å². The molecule has 0 aliphatic carbocycles. The lowest BCUT2D eigenvalue weighted by atomic mass is 9.92.